The van der Waals surface area contributed by atoms with Gasteiger partial charge in [-0.15, -0.1) is 0 Å². The fourth-order valence-corrected chi connectivity index (χ4v) is 2.74. The molecule has 3 heteroatoms. The zero-order chi connectivity index (χ0) is 12.3. The Bertz CT molecular complexity index is 378. The first-order chi connectivity index (χ1) is 8.19. The highest BCUT2D eigenvalue weighted by Crippen LogP contribution is 2.28. The highest BCUT2D eigenvalue weighted by Gasteiger charge is 2.21. The summed E-state index contributed by atoms with van der Waals surface area (Å²) in [5.74, 6) is -0.388. The summed E-state index contributed by atoms with van der Waals surface area (Å²) >= 11 is 0. The van der Waals surface area contributed by atoms with Crippen molar-refractivity contribution in [1.82, 2.24) is 5.32 Å². The Labute approximate surface area is 101 Å². The lowest BCUT2D eigenvalue weighted by Crippen LogP contribution is -2.32. The zero-order valence-electron chi connectivity index (χ0n) is 10.2. The van der Waals surface area contributed by atoms with Crippen molar-refractivity contribution >= 4 is 0 Å². The van der Waals surface area contributed by atoms with Crippen LogP contribution in [0, 0.1) is 17.6 Å². The van der Waals surface area contributed by atoms with Gasteiger partial charge in [0.2, 0.25) is 0 Å². The molecule has 0 aromatic heterocycles. The maximum atomic E-state index is 13.5. The van der Waals surface area contributed by atoms with Crippen LogP contribution >= 0.6 is 0 Å². The van der Waals surface area contributed by atoms with Crippen LogP contribution in [0.15, 0.2) is 18.2 Å². The third kappa shape index (κ3) is 3.25. The van der Waals surface area contributed by atoms with Gasteiger partial charge in [0, 0.05) is 12.1 Å². The van der Waals surface area contributed by atoms with Crippen LogP contribution in [-0.4, -0.2) is 13.1 Å². The summed E-state index contributed by atoms with van der Waals surface area (Å²) < 4.78 is 26.3. The van der Waals surface area contributed by atoms with E-state index in [1.807, 2.05) is 7.05 Å². The second kappa shape index (κ2) is 5.58. The standard InChI is InChI=1S/C14H19F2N/c1-17-13-4-2-3-10(8-13)7-11-5-6-12(15)9-14(11)16/h5-6,9-10,13,17H,2-4,7-8H2,1H3. The van der Waals surface area contributed by atoms with Crippen molar-refractivity contribution in [2.75, 3.05) is 7.05 Å². The molecule has 2 atom stereocenters. The number of nitrogens with one attached hydrogen (secondary N) is 1. The topological polar surface area (TPSA) is 12.0 Å². The van der Waals surface area contributed by atoms with Crippen molar-refractivity contribution in [1.29, 1.82) is 0 Å². The van der Waals surface area contributed by atoms with Gasteiger partial charge in [-0.05, 0) is 43.9 Å². The maximum Gasteiger partial charge on any atom is 0.129 e. The Morgan fingerprint density at radius 2 is 2.12 bits per heavy atom. The molecule has 0 amide bonds. The Morgan fingerprint density at radius 1 is 1.29 bits per heavy atom. The molecule has 0 heterocycles. The molecule has 1 saturated carbocycles. The second-order valence-electron chi connectivity index (χ2n) is 4.96. The highest BCUT2D eigenvalue weighted by atomic mass is 19.1. The third-order valence-electron chi connectivity index (χ3n) is 3.71. The average molecular weight is 239 g/mol. The molecule has 1 N–H and O–H groups in total. The normalized spacial score (nSPS) is 24.9. The lowest BCUT2D eigenvalue weighted by atomic mass is 9.82. The first-order valence-corrected chi connectivity index (χ1v) is 6.30. The Balaban J connectivity index is 2.00. The first kappa shape index (κ1) is 12.5. The fraction of sp³-hybridized carbons (Fsp3) is 0.571. The van der Waals surface area contributed by atoms with Crippen molar-refractivity contribution in [3.8, 4) is 0 Å². The second-order valence-corrected chi connectivity index (χ2v) is 4.96. The molecular formula is C14H19F2N. The van der Waals surface area contributed by atoms with Gasteiger partial charge in [-0.1, -0.05) is 18.9 Å². The summed E-state index contributed by atoms with van der Waals surface area (Å²) in [6, 6.07) is 4.45. The van der Waals surface area contributed by atoms with E-state index >= 15 is 0 Å². The average Bonchev–Trinajstić information content (AvgIpc) is 2.33. The minimum atomic E-state index is -0.497. The van der Waals surface area contributed by atoms with E-state index in [1.54, 1.807) is 6.07 Å². The smallest absolute Gasteiger partial charge is 0.129 e. The zero-order valence-corrected chi connectivity index (χ0v) is 10.2. The molecule has 0 radical (unpaired) electrons. The van der Waals surface area contributed by atoms with E-state index < -0.39 is 11.6 Å². The van der Waals surface area contributed by atoms with Crippen LogP contribution in [0.4, 0.5) is 8.78 Å². The van der Waals surface area contributed by atoms with E-state index in [0.717, 1.165) is 25.3 Å². The monoisotopic (exact) mass is 239 g/mol. The summed E-state index contributed by atoms with van der Waals surface area (Å²) in [7, 11) is 1.98. The lowest BCUT2D eigenvalue weighted by molar-refractivity contribution is 0.292. The van der Waals surface area contributed by atoms with Crippen LogP contribution < -0.4 is 5.32 Å². The van der Waals surface area contributed by atoms with E-state index in [9.17, 15) is 8.78 Å². The SMILES string of the molecule is CNC1CCCC(Cc2ccc(F)cc2F)C1. The number of halogens is 2. The van der Waals surface area contributed by atoms with Gasteiger partial charge in [0.05, 0.1) is 0 Å². The molecule has 1 nitrogen and oxygen atoms in total. The van der Waals surface area contributed by atoms with Crippen LogP contribution in [0.25, 0.3) is 0 Å². The molecule has 1 aromatic carbocycles. The molecule has 0 saturated heterocycles. The fourth-order valence-electron chi connectivity index (χ4n) is 2.74. The molecule has 2 rings (SSSR count). The van der Waals surface area contributed by atoms with E-state index in [0.29, 0.717) is 17.5 Å². The van der Waals surface area contributed by atoms with Crippen LogP contribution in [0.5, 0.6) is 0 Å². The summed E-state index contributed by atoms with van der Waals surface area (Å²) in [5.41, 5.74) is 0.646. The van der Waals surface area contributed by atoms with Gasteiger partial charge in [-0.3, -0.25) is 0 Å². The summed E-state index contributed by atoms with van der Waals surface area (Å²) in [6.07, 6.45) is 5.37. The van der Waals surface area contributed by atoms with E-state index in [2.05, 4.69) is 5.32 Å². The molecule has 0 spiro atoms. The molecule has 1 fully saturated rings. The van der Waals surface area contributed by atoms with Gasteiger partial charge >= 0.3 is 0 Å². The highest BCUT2D eigenvalue weighted by molar-refractivity contribution is 5.19. The van der Waals surface area contributed by atoms with Crippen LogP contribution in [0.1, 0.15) is 31.2 Å². The Hall–Kier alpha value is -0.960. The van der Waals surface area contributed by atoms with Gasteiger partial charge in [-0.2, -0.15) is 0 Å². The van der Waals surface area contributed by atoms with Gasteiger partial charge in [0.1, 0.15) is 11.6 Å². The van der Waals surface area contributed by atoms with E-state index in [1.165, 1.54) is 18.9 Å². The first-order valence-electron chi connectivity index (χ1n) is 6.30. The lowest BCUT2D eigenvalue weighted by Gasteiger charge is -2.29. The van der Waals surface area contributed by atoms with Crippen molar-refractivity contribution in [2.24, 2.45) is 5.92 Å². The minimum Gasteiger partial charge on any atom is -0.317 e. The minimum absolute atomic E-state index is 0.406. The number of hydrogen-bond donors (Lipinski definition) is 1. The number of benzene rings is 1. The number of rotatable bonds is 3. The molecule has 2 unspecified atom stereocenters. The number of hydrogen-bond acceptors (Lipinski definition) is 1. The molecule has 1 aromatic rings. The van der Waals surface area contributed by atoms with Crippen LogP contribution in [0.3, 0.4) is 0 Å². The van der Waals surface area contributed by atoms with Crippen LogP contribution in [0.2, 0.25) is 0 Å². The summed E-state index contributed by atoms with van der Waals surface area (Å²) in [6.45, 7) is 0. The molecule has 1 aliphatic rings. The van der Waals surface area contributed by atoms with Crippen molar-refractivity contribution in [3.63, 3.8) is 0 Å². The quantitative estimate of drug-likeness (QED) is 0.853. The molecule has 94 valence electrons. The van der Waals surface area contributed by atoms with Gasteiger partial charge in [-0.25, -0.2) is 8.78 Å². The third-order valence-corrected chi connectivity index (χ3v) is 3.71. The molecule has 0 aliphatic heterocycles. The van der Waals surface area contributed by atoms with E-state index in [4.69, 9.17) is 0 Å². The molecule has 0 bridgehead atoms. The molecular weight excluding hydrogens is 220 g/mol. The van der Waals surface area contributed by atoms with Crippen molar-refractivity contribution in [2.45, 2.75) is 38.1 Å². The Morgan fingerprint density at radius 3 is 2.82 bits per heavy atom. The maximum absolute atomic E-state index is 13.5. The Kier molecular flexibility index (Phi) is 4.11. The van der Waals surface area contributed by atoms with Gasteiger partial charge in [0.15, 0.2) is 0 Å². The molecule has 17 heavy (non-hydrogen) atoms. The predicted octanol–water partition coefficient (Wildman–Crippen LogP) is 3.29. The largest absolute Gasteiger partial charge is 0.317 e. The predicted molar refractivity (Wildman–Crippen MR) is 64.9 cm³/mol. The van der Waals surface area contributed by atoms with Gasteiger partial charge in [0.25, 0.3) is 0 Å². The summed E-state index contributed by atoms with van der Waals surface area (Å²) in [4.78, 5) is 0. The summed E-state index contributed by atoms with van der Waals surface area (Å²) in [5, 5.41) is 3.29. The molecule has 1 aliphatic carbocycles. The van der Waals surface area contributed by atoms with Crippen LogP contribution in [-0.2, 0) is 6.42 Å². The van der Waals surface area contributed by atoms with Crippen molar-refractivity contribution < 1.29 is 8.78 Å². The van der Waals surface area contributed by atoms with Crippen molar-refractivity contribution in [3.05, 3.63) is 35.4 Å². The van der Waals surface area contributed by atoms with Gasteiger partial charge < -0.3 is 5.32 Å². The van der Waals surface area contributed by atoms with E-state index in [-0.39, 0.29) is 0 Å².